The van der Waals surface area contributed by atoms with E-state index in [1.54, 1.807) is 16.2 Å². The van der Waals surface area contributed by atoms with Crippen LogP contribution in [0, 0.1) is 0 Å². The third-order valence-electron chi connectivity index (χ3n) is 5.45. The Kier molecular flexibility index (Phi) is 12.9. The first-order valence-electron chi connectivity index (χ1n) is 12.0. The number of aliphatic hydroxyl groups excluding tert-OH is 1. The lowest BCUT2D eigenvalue weighted by atomic mass is 9.99. The summed E-state index contributed by atoms with van der Waals surface area (Å²) < 4.78 is 34.1. The maximum absolute atomic E-state index is 13.5. The summed E-state index contributed by atoms with van der Waals surface area (Å²) in [6.07, 6.45) is 3.44. The van der Waals surface area contributed by atoms with Crippen molar-refractivity contribution in [3.63, 3.8) is 0 Å². The molecular weight excluding hydrogens is 462 g/mol. The van der Waals surface area contributed by atoms with Crippen molar-refractivity contribution in [2.45, 2.75) is 31.5 Å². The topological polar surface area (TPSA) is 95.9 Å². The summed E-state index contributed by atoms with van der Waals surface area (Å²) in [7, 11) is 0. The lowest BCUT2D eigenvalue weighted by Crippen LogP contribution is -2.40. The molecule has 2 aliphatic heterocycles. The van der Waals surface area contributed by atoms with Gasteiger partial charge >= 0.3 is 0 Å². The lowest BCUT2D eigenvalue weighted by Gasteiger charge is -2.31. The normalized spacial score (nSPS) is 23.9. The van der Waals surface area contributed by atoms with Crippen LogP contribution in [0.15, 0.2) is 29.3 Å². The van der Waals surface area contributed by atoms with Gasteiger partial charge in [0.25, 0.3) is 5.91 Å². The molecular formula is C24H37NO8S. The zero-order valence-corrected chi connectivity index (χ0v) is 20.5. The van der Waals surface area contributed by atoms with Gasteiger partial charge in [-0.05, 0) is 30.4 Å². The predicted molar refractivity (Wildman–Crippen MR) is 127 cm³/mol. The van der Waals surface area contributed by atoms with E-state index in [9.17, 15) is 4.79 Å². The molecule has 1 aromatic rings. The molecule has 1 amide bonds. The van der Waals surface area contributed by atoms with E-state index >= 15 is 0 Å². The van der Waals surface area contributed by atoms with Gasteiger partial charge in [0, 0.05) is 36.9 Å². The number of ether oxygens (including phenoxy) is 6. The van der Waals surface area contributed by atoms with E-state index in [4.69, 9.17) is 33.5 Å². The summed E-state index contributed by atoms with van der Waals surface area (Å²) in [5.41, 5.74) is 0. The van der Waals surface area contributed by atoms with Gasteiger partial charge in [-0.1, -0.05) is 6.07 Å². The highest BCUT2D eigenvalue weighted by Crippen LogP contribution is 2.34. The number of unbranched alkanes of at least 4 members (excludes halogenated alkanes) is 1. The quantitative estimate of drug-likeness (QED) is 0.571. The zero-order chi connectivity index (χ0) is 23.8. The SMILES string of the molecule is O=C(C1=C[C@@H](c2cccs2)C[C@@H](OCCCCO)O1)N1CCOCCOCCOCCOCC1. The average molecular weight is 500 g/mol. The van der Waals surface area contributed by atoms with Crippen LogP contribution in [0.2, 0.25) is 0 Å². The number of rotatable bonds is 7. The third-order valence-corrected chi connectivity index (χ3v) is 6.45. The molecule has 2 atom stereocenters. The summed E-state index contributed by atoms with van der Waals surface area (Å²) in [4.78, 5) is 16.3. The standard InChI is InChI=1S/C24H37NO8S/c26-7-1-2-8-32-23-19-20(22-4-3-17-34-22)18-21(33-23)24(27)25-5-9-28-11-13-30-15-16-31-14-12-29-10-6-25/h3-4,17-18,20,23,26H,1-2,5-16,19H2/t20-,23+/m1/s1. The molecule has 1 fully saturated rings. The lowest BCUT2D eigenvalue weighted by molar-refractivity contribution is -0.153. The van der Waals surface area contributed by atoms with Crippen LogP contribution >= 0.6 is 11.3 Å². The van der Waals surface area contributed by atoms with Gasteiger partial charge in [0.2, 0.25) is 6.29 Å². The van der Waals surface area contributed by atoms with Crippen LogP contribution in [0.3, 0.4) is 0 Å². The molecule has 0 bridgehead atoms. The van der Waals surface area contributed by atoms with Crippen LogP contribution in [0.1, 0.15) is 30.1 Å². The molecule has 3 heterocycles. The highest BCUT2D eigenvalue weighted by atomic mass is 32.1. The Bertz CT molecular complexity index is 698. The van der Waals surface area contributed by atoms with Gasteiger partial charge in [0.15, 0.2) is 5.76 Å². The second kappa shape index (κ2) is 16.2. The highest BCUT2D eigenvalue weighted by molar-refractivity contribution is 7.10. The van der Waals surface area contributed by atoms with Gasteiger partial charge in [-0.3, -0.25) is 4.79 Å². The number of allylic oxidation sites excluding steroid dienone is 1. The molecule has 0 saturated carbocycles. The molecule has 0 unspecified atom stereocenters. The van der Waals surface area contributed by atoms with E-state index in [-0.39, 0.29) is 18.4 Å². The van der Waals surface area contributed by atoms with Gasteiger partial charge < -0.3 is 38.4 Å². The maximum Gasteiger partial charge on any atom is 0.288 e. The molecule has 1 N–H and O–H groups in total. The van der Waals surface area contributed by atoms with Crippen molar-refractivity contribution in [1.82, 2.24) is 4.90 Å². The number of hydrogen-bond donors (Lipinski definition) is 1. The Morgan fingerprint density at radius 3 is 2.24 bits per heavy atom. The van der Waals surface area contributed by atoms with E-state index in [0.29, 0.717) is 91.2 Å². The summed E-state index contributed by atoms with van der Waals surface area (Å²) in [5, 5.41) is 11.0. The van der Waals surface area contributed by atoms with Crippen molar-refractivity contribution in [1.29, 1.82) is 0 Å². The molecule has 0 aromatic carbocycles. The molecule has 1 aromatic heterocycles. The minimum Gasteiger partial charge on any atom is -0.459 e. The smallest absolute Gasteiger partial charge is 0.288 e. The summed E-state index contributed by atoms with van der Waals surface area (Å²) in [6.45, 7) is 5.18. The monoisotopic (exact) mass is 499 g/mol. The van der Waals surface area contributed by atoms with Crippen LogP contribution in [-0.4, -0.2) is 101 Å². The first kappa shape index (κ1) is 27.1. The van der Waals surface area contributed by atoms with E-state index < -0.39 is 6.29 Å². The average Bonchev–Trinajstić information content (AvgIpc) is 3.39. The molecule has 9 nitrogen and oxygen atoms in total. The largest absolute Gasteiger partial charge is 0.459 e. The molecule has 1 saturated heterocycles. The number of amides is 1. The fraction of sp³-hybridized carbons (Fsp3) is 0.708. The molecule has 2 aliphatic rings. The predicted octanol–water partition coefficient (Wildman–Crippen LogP) is 2.16. The van der Waals surface area contributed by atoms with Crippen molar-refractivity contribution in [2.75, 3.05) is 79.2 Å². The van der Waals surface area contributed by atoms with Crippen molar-refractivity contribution >= 4 is 17.2 Å². The number of aliphatic hydroxyl groups is 1. The second-order valence-corrected chi connectivity index (χ2v) is 8.96. The van der Waals surface area contributed by atoms with Crippen LogP contribution in [0.4, 0.5) is 0 Å². The van der Waals surface area contributed by atoms with Crippen molar-refractivity contribution in [3.05, 3.63) is 34.2 Å². The second-order valence-electron chi connectivity index (χ2n) is 7.98. The Labute approximate surface area is 205 Å². The number of carbonyl (C=O) groups excluding carboxylic acids is 1. The van der Waals surface area contributed by atoms with Crippen molar-refractivity contribution in [2.24, 2.45) is 0 Å². The molecule has 0 aliphatic carbocycles. The van der Waals surface area contributed by atoms with E-state index in [1.165, 1.54) is 4.88 Å². The highest BCUT2D eigenvalue weighted by Gasteiger charge is 2.31. The van der Waals surface area contributed by atoms with E-state index in [2.05, 4.69) is 6.07 Å². The zero-order valence-electron chi connectivity index (χ0n) is 19.7. The fourth-order valence-corrected chi connectivity index (χ4v) is 4.43. The number of nitrogens with zero attached hydrogens (tertiary/aromatic N) is 1. The van der Waals surface area contributed by atoms with Crippen molar-refractivity contribution < 1.29 is 38.3 Å². The molecule has 34 heavy (non-hydrogen) atoms. The van der Waals surface area contributed by atoms with E-state index in [0.717, 1.165) is 6.42 Å². The minimum absolute atomic E-state index is 0.0424. The van der Waals surface area contributed by atoms with Gasteiger partial charge in [0.1, 0.15) is 0 Å². The molecule has 0 radical (unpaired) electrons. The van der Waals surface area contributed by atoms with Gasteiger partial charge in [-0.2, -0.15) is 0 Å². The van der Waals surface area contributed by atoms with Crippen molar-refractivity contribution in [3.8, 4) is 0 Å². The van der Waals surface area contributed by atoms with Crippen LogP contribution in [0.25, 0.3) is 0 Å². The van der Waals surface area contributed by atoms with E-state index in [1.807, 2.05) is 17.5 Å². The minimum atomic E-state index is -0.514. The molecule has 192 valence electrons. The summed E-state index contributed by atoms with van der Waals surface area (Å²) >= 11 is 1.66. The first-order valence-corrected chi connectivity index (χ1v) is 12.9. The Morgan fingerprint density at radius 2 is 1.65 bits per heavy atom. The number of thiophene rings is 1. The number of hydrogen-bond acceptors (Lipinski definition) is 9. The third kappa shape index (κ3) is 9.61. The summed E-state index contributed by atoms with van der Waals surface area (Å²) in [6, 6.07) is 4.08. The Balaban J connectivity index is 1.64. The van der Waals surface area contributed by atoms with Crippen LogP contribution in [-0.2, 0) is 33.2 Å². The van der Waals surface area contributed by atoms with Gasteiger partial charge in [0.05, 0.1) is 59.5 Å². The van der Waals surface area contributed by atoms with Gasteiger partial charge in [-0.15, -0.1) is 11.3 Å². The van der Waals surface area contributed by atoms with Gasteiger partial charge in [-0.25, -0.2) is 0 Å². The first-order chi connectivity index (χ1) is 16.8. The Hall–Kier alpha value is -1.53. The Morgan fingerprint density at radius 1 is 1.00 bits per heavy atom. The summed E-state index contributed by atoms with van der Waals surface area (Å²) in [5.74, 6) is 0.136. The van der Waals surface area contributed by atoms with Crippen LogP contribution < -0.4 is 0 Å². The molecule has 0 spiro atoms. The molecule has 3 rings (SSSR count). The molecule has 10 heteroatoms. The van der Waals surface area contributed by atoms with Crippen LogP contribution in [0.5, 0.6) is 0 Å². The maximum atomic E-state index is 13.5. The fourth-order valence-electron chi connectivity index (χ4n) is 3.62. The number of carbonyl (C=O) groups is 1.